The molecule has 138 valence electrons. The van der Waals surface area contributed by atoms with Gasteiger partial charge >= 0.3 is 5.97 Å². The lowest BCUT2D eigenvalue weighted by atomic mass is 10.2. The zero-order valence-corrected chi connectivity index (χ0v) is 14.9. The van der Waals surface area contributed by atoms with Gasteiger partial charge in [0.2, 0.25) is 15.9 Å². The molecule has 0 aliphatic heterocycles. The van der Waals surface area contributed by atoms with Crippen LogP contribution in [0.4, 0.5) is 5.69 Å². The topological polar surface area (TPSA) is 128 Å². The largest absolute Gasteiger partial charge is 0.465 e. The Morgan fingerprint density at radius 1 is 1.04 bits per heavy atom. The molecule has 0 fully saturated rings. The highest BCUT2D eigenvalue weighted by molar-refractivity contribution is 7.89. The summed E-state index contributed by atoms with van der Waals surface area (Å²) < 4.78 is 27.0. The van der Waals surface area contributed by atoms with E-state index in [9.17, 15) is 18.0 Å². The number of esters is 1. The van der Waals surface area contributed by atoms with Gasteiger partial charge in [0.15, 0.2) is 0 Å². The fourth-order valence-corrected chi connectivity index (χ4v) is 2.60. The highest BCUT2D eigenvalue weighted by Gasteiger charge is 2.08. The van der Waals surface area contributed by atoms with Crippen molar-refractivity contribution in [1.29, 1.82) is 0 Å². The highest BCUT2D eigenvalue weighted by Crippen LogP contribution is 2.10. The van der Waals surface area contributed by atoms with Crippen LogP contribution in [0, 0.1) is 0 Å². The number of anilines is 1. The number of nitrogens with two attached hydrogens (primary N) is 1. The maximum Gasteiger partial charge on any atom is 0.337 e. The minimum atomic E-state index is -3.73. The summed E-state index contributed by atoms with van der Waals surface area (Å²) >= 11 is 0. The van der Waals surface area contributed by atoms with Crippen LogP contribution in [0.2, 0.25) is 0 Å². The van der Waals surface area contributed by atoms with E-state index in [0.717, 1.165) is 5.56 Å². The summed E-state index contributed by atoms with van der Waals surface area (Å²) in [6.07, 6.45) is 0. The van der Waals surface area contributed by atoms with Crippen molar-refractivity contribution in [3.63, 3.8) is 0 Å². The van der Waals surface area contributed by atoms with Crippen LogP contribution in [-0.4, -0.2) is 33.9 Å². The zero-order valence-electron chi connectivity index (χ0n) is 14.1. The molecule has 2 rings (SSSR count). The van der Waals surface area contributed by atoms with Crippen molar-refractivity contribution in [3.05, 3.63) is 59.7 Å². The number of carbonyl (C=O) groups excluding carboxylic acids is 2. The molecule has 26 heavy (non-hydrogen) atoms. The number of carbonyl (C=O) groups is 2. The van der Waals surface area contributed by atoms with Gasteiger partial charge in [0.1, 0.15) is 0 Å². The molecule has 2 aromatic rings. The van der Waals surface area contributed by atoms with E-state index in [4.69, 9.17) is 5.14 Å². The molecule has 0 aliphatic rings. The van der Waals surface area contributed by atoms with Gasteiger partial charge in [-0.2, -0.15) is 0 Å². The van der Waals surface area contributed by atoms with Gasteiger partial charge in [0.25, 0.3) is 0 Å². The van der Waals surface area contributed by atoms with Gasteiger partial charge in [-0.15, -0.1) is 0 Å². The van der Waals surface area contributed by atoms with E-state index >= 15 is 0 Å². The van der Waals surface area contributed by atoms with Crippen LogP contribution < -0.4 is 15.8 Å². The number of hydrogen-bond donors (Lipinski definition) is 3. The minimum Gasteiger partial charge on any atom is -0.465 e. The van der Waals surface area contributed by atoms with Crippen LogP contribution in [0.1, 0.15) is 15.9 Å². The molecular formula is C17H19N3O5S. The SMILES string of the molecule is COC(=O)c1ccc(NCC(=O)NCc2ccc(S(N)(=O)=O)cc2)cc1. The molecule has 4 N–H and O–H groups in total. The molecule has 9 heteroatoms. The van der Waals surface area contributed by atoms with Crippen molar-refractivity contribution in [2.24, 2.45) is 5.14 Å². The van der Waals surface area contributed by atoms with Crippen molar-refractivity contribution >= 4 is 27.6 Å². The summed E-state index contributed by atoms with van der Waals surface area (Å²) in [5.74, 6) is -0.666. The van der Waals surface area contributed by atoms with Crippen molar-refractivity contribution < 1.29 is 22.7 Å². The summed E-state index contributed by atoms with van der Waals surface area (Å²) in [6.45, 7) is 0.305. The van der Waals surface area contributed by atoms with Crippen molar-refractivity contribution in [3.8, 4) is 0 Å². The first kappa shape index (κ1) is 19.4. The summed E-state index contributed by atoms with van der Waals surface area (Å²) in [7, 11) is -2.42. The Balaban J connectivity index is 1.81. The molecule has 0 saturated heterocycles. The van der Waals surface area contributed by atoms with E-state index < -0.39 is 16.0 Å². The second-order valence-corrected chi connectivity index (χ2v) is 6.95. The van der Waals surface area contributed by atoms with Gasteiger partial charge in [0, 0.05) is 12.2 Å². The monoisotopic (exact) mass is 377 g/mol. The number of benzene rings is 2. The lowest BCUT2D eigenvalue weighted by Crippen LogP contribution is -2.29. The molecule has 1 amide bonds. The van der Waals surface area contributed by atoms with Gasteiger partial charge in [-0.3, -0.25) is 4.79 Å². The second kappa shape index (κ2) is 8.45. The summed E-state index contributed by atoms with van der Waals surface area (Å²) in [6, 6.07) is 12.5. The summed E-state index contributed by atoms with van der Waals surface area (Å²) in [5.41, 5.74) is 1.85. The molecule has 0 aliphatic carbocycles. The average molecular weight is 377 g/mol. The number of nitrogens with one attached hydrogen (secondary N) is 2. The Hall–Kier alpha value is -2.91. The standard InChI is InChI=1S/C17H19N3O5S/c1-25-17(22)13-4-6-14(7-5-13)19-11-16(21)20-10-12-2-8-15(9-3-12)26(18,23)24/h2-9,19H,10-11H2,1H3,(H,20,21)(H2,18,23,24). The number of ether oxygens (including phenoxy) is 1. The molecule has 8 nitrogen and oxygen atoms in total. The van der Waals surface area contributed by atoms with E-state index in [1.165, 1.54) is 19.2 Å². The Morgan fingerprint density at radius 2 is 1.65 bits per heavy atom. The molecule has 0 radical (unpaired) electrons. The smallest absolute Gasteiger partial charge is 0.337 e. The molecule has 0 bridgehead atoms. The number of amides is 1. The average Bonchev–Trinajstić information content (AvgIpc) is 2.64. The molecule has 0 heterocycles. The molecule has 0 atom stereocenters. The Morgan fingerprint density at radius 3 is 2.19 bits per heavy atom. The first-order chi connectivity index (χ1) is 12.3. The second-order valence-electron chi connectivity index (χ2n) is 5.39. The third kappa shape index (κ3) is 5.57. The lowest BCUT2D eigenvalue weighted by Gasteiger charge is -2.09. The van der Waals surface area contributed by atoms with Crippen molar-refractivity contribution in [2.75, 3.05) is 19.0 Å². The van der Waals surface area contributed by atoms with E-state index in [0.29, 0.717) is 11.3 Å². The van der Waals surface area contributed by atoms with Crippen LogP contribution in [0.25, 0.3) is 0 Å². The number of sulfonamides is 1. The Kier molecular flexibility index (Phi) is 6.31. The molecule has 0 unspecified atom stereocenters. The van der Waals surface area contributed by atoms with Gasteiger partial charge in [-0.1, -0.05) is 12.1 Å². The van der Waals surface area contributed by atoms with Crippen LogP contribution in [0.15, 0.2) is 53.4 Å². The van der Waals surface area contributed by atoms with Crippen LogP contribution in [0.5, 0.6) is 0 Å². The minimum absolute atomic E-state index is 0.0182. The molecule has 0 saturated carbocycles. The Labute approximate surface area is 151 Å². The van der Waals surface area contributed by atoms with Crippen LogP contribution in [0.3, 0.4) is 0 Å². The van der Waals surface area contributed by atoms with Gasteiger partial charge < -0.3 is 15.4 Å². The third-order valence-electron chi connectivity index (χ3n) is 3.50. The van der Waals surface area contributed by atoms with Crippen molar-refractivity contribution in [2.45, 2.75) is 11.4 Å². The number of hydrogen-bond acceptors (Lipinski definition) is 6. The highest BCUT2D eigenvalue weighted by atomic mass is 32.2. The fraction of sp³-hybridized carbons (Fsp3) is 0.176. The van der Waals surface area contributed by atoms with E-state index in [1.54, 1.807) is 36.4 Å². The quantitative estimate of drug-likeness (QED) is 0.614. The molecule has 0 spiro atoms. The predicted molar refractivity (Wildman–Crippen MR) is 95.9 cm³/mol. The van der Waals surface area contributed by atoms with Crippen LogP contribution in [-0.2, 0) is 26.1 Å². The van der Waals surface area contributed by atoms with Gasteiger partial charge in [-0.25, -0.2) is 18.4 Å². The first-order valence-electron chi connectivity index (χ1n) is 7.60. The third-order valence-corrected chi connectivity index (χ3v) is 4.43. The van der Waals surface area contributed by atoms with E-state index in [2.05, 4.69) is 15.4 Å². The zero-order chi connectivity index (χ0) is 19.2. The molecule has 0 aromatic heterocycles. The fourth-order valence-electron chi connectivity index (χ4n) is 2.08. The lowest BCUT2D eigenvalue weighted by molar-refractivity contribution is -0.119. The maximum absolute atomic E-state index is 11.9. The predicted octanol–water partition coefficient (Wildman–Crippen LogP) is 0.849. The van der Waals surface area contributed by atoms with E-state index in [-0.39, 0.29) is 23.9 Å². The van der Waals surface area contributed by atoms with Crippen LogP contribution >= 0.6 is 0 Å². The first-order valence-corrected chi connectivity index (χ1v) is 9.15. The normalized spacial score (nSPS) is 10.8. The number of primary sulfonamides is 1. The van der Waals surface area contributed by atoms with Gasteiger partial charge in [0.05, 0.1) is 24.1 Å². The number of methoxy groups -OCH3 is 1. The Bertz CT molecular complexity index is 878. The molecule has 2 aromatic carbocycles. The molecular weight excluding hydrogens is 358 g/mol. The van der Waals surface area contributed by atoms with E-state index in [1.807, 2.05) is 0 Å². The summed E-state index contributed by atoms with van der Waals surface area (Å²) in [4.78, 5) is 23.2. The number of rotatable bonds is 7. The maximum atomic E-state index is 11.9. The van der Waals surface area contributed by atoms with Gasteiger partial charge in [-0.05, 0) is 42.0 Å². The van der Waals surface area contributed by atoms with Crippen molar-refractivity contribution in [1.82, 2.24) is 5.32 Å². The summed E-state index contributed by atoms with van der Waals surface area (Å²) in [5, 5.41) is 10.7.